The molecule has 0 amide bonds. The van der Waals surface area contributed by atoms with E-state index in [0.29, 0.717) is 0 Å². The van der Waals surface area contributed by atoms with Gasteiger partial charge in [0.15, 0.2) is 0 Å². The highest BCUT2D eigenvalue weighted by Gasteiger charge is 2.16. The molecule has 8 aromatic rings. The molecule has 0 saturated heterocycles. The normalized spacial score (nSPS) is 11.9. The van der Waals surface area contributed by atoms with Crippen molar-refractivity contribution in [1.82, 2.24) is 0 Å². The van der Waals surface area contributed by atoms with Crippen LogP contribution in [-0.4, -0.2) is 0 Å². The molecule has 0 spiro atoms. The first kappa shape index (κ1) is 33.8. The zero-order valence-electron chi connectivity index (χ0n) is 30.1. The highest BCUT2D eigenvalue weighted by molar-refractivity contribution is 7.18. The minimum atomic E-state index is 1.15. The van der Waals surface area contributed by atoms with Gasteiger partial charge in [0.2, 0.25) is 0 Å². The van der Waals surface area contributed by atoms with Crippen molar-refractivity contribution in [3.63, 3.8) is 0 Å². The van der Waals surface area contributed by atoms with E-state index < -0.39 is 0 Å². The lowest BCUT2D eigenvalue weighted by atomic mass is 9.86. The Balaban J connectivity index is 1.41. The maximum Gasteiger partial charge on any atom is 0.0349 e. The number of hydrogen-bond donors (Lipinski definition) is 0. The summed E-state index contributed by atoms with van der Waals surface area (Å²) < 4.78 is 0. The first-order valence-electron chi connectivity index (χ1n) is 18.2. The third-order valence-electron chi connectivity index (χ3n) is 9.93. The SMILES string of the molecule is C=C/C=c1/c(-c2ccccccc(C)cc2)c2cc(-c3cccc(-c4ccc(-c5ccccc5)s4)c3)ccc2c(-c2ccc3ccccc3c2)/c1=C/C. The van der Waals surface area contributed by atoms with Gasteiger partial charge in [-0.2, -0.15) is 0 Å². The Kier molecular flexibility index (Phi) is 9.67. The minimum Gasteiger partial charge on any atom is -0.135 e. The van der Waals surface area contributed by atoms with E-state index in [-0.39, 0.29) is 0 Å². The molecule has 1 heterocycles. The second-order valence-corrected chi connectivity index (χ2v) is 14.4. The third kappa shape index (κ3) is 6.88. The number of aryl methyl sites for hydroxylation is 1. The van der Waals surface area contributed by atoms with Gasteiger partial charge in [-0.25, -0.2) is 0 Å². The van der Waals surface area contributed by atoms with E-state index in [1.807, 2.05) is 17.4 Å². The summed E-state index contributed by atoms with van der Waals surface area (Å²) in [7, 11) is 0. The summed E-state index contributed by atoms with van der Waals surface area (Å²) in [4.78, 5) is 2.54. The molecule has 0 aliphatic rings. The number of fused-ring (bicyclic) bond motifs is 2. The van der Waals surface area contributed by atoms with E-state index in [1.54, 1.807) is 0 Å². The number of hydrogen-bond acceptors (Lipinski definition) is 1. The molecular formula is C52H40S. The molecule has 0 unspecified atom stereocenters. The fourth-order valence-corrected chi connectivity index (χ4v) is 8.37. The smallest absolute Gasteiger partial charge is 0.0349 e. The Hall–Kier alpha value is -6.28. The molecule has 0 fully saturated rings. The summed E-state index contributed by atoms with van der Waals surface area (Å²) in [5.41, 5.74) is 10.8. The molecule has 1 heteroatoms. The first-order valence-corrected chi connectivity index (χ1v) is 19.0. The second-order valence-electron chi connectivity index (χ2n) is 13.3. The summed E-state index contributed by atoms with van der Waals surface area (Å²) in [5, 5.41) is 7.26. The maximum absolute atomic E-state index is 4.20. The standard InChI is InChI=1S/C52H40S/c1-4-16-46-45(5-2)52(44-28-27-37-18-13-14-22-40(37)34-44)47-30-29-42(35-48(47)51(46)39-21-10-7-6-9-17-36(3)25-26-39)41-23-15-24-43(33-41)50-32-31-49(53-50)38-19-11-8-12-20-38/h4-35H,1H2,2-3H3/b7-6?,9-6?,10-7?,17-9?,21-10?,26-25?,36-17?,36-25?,39-21?,39-26?,45-5+,46-16+. The van der Waals surface area contributed by atoms with Crippen LogP contribution in [0.5, 0.6) is 0 Å². The average molecular weight is 697 g/mol. The Morgan fingerprint density at radius 3 is 1.83 bits per heavy atom. The molecule has 8 rings (SSSR count). The van der Waals surface area contributed by atoms with Crippen LogP contribution in [0.1, 0.15) is 12.5 Å². The van der Waals surface area contributed by atoms with E-state index in [4.69, 9.17) is 0 Å². The van der Waals surface area contributed by atoms with Crippen molar-refractivity contribution in [3.8, 4) is 54.3 Å². The van der Waals surface area contributed by atoms with Gasteiger partial charge in [0, 0.05) is 9.75 Å². The lowest BCUT2D eigenvalue weighted by molar-refractivity contribution is 1.48. The lowest BCUT2D eigenvalue weighted by Gasteiger charge is -2.17. The van der Waals surface area contributed by atoms with Crippen LogP contribution in [0.25, 0.3) is 88.0 Å². The van der Waals surface area contributed by atoms with Crippen molar-refractivity contribution in [1.29, 1.82) is 0 Å². The van der Waals surface area contributed by atoms with Crippen molar-refractivity contribution < 1.29 is 0 Å². The Bertz CT molecular complexity index is 2820. The zero-order valence-corrected chi connectivity index (χ0v) is 30.9. The Morgan fingerprint density at radius 1 is 0.434 bits per heavy atom. The molecule has 1 aromatic heterocycles. The number of allylic oxidation sites excluding steroid dienone is 1. The summed E-state index contributed by atoms with van der Waals surface area (Å²) in [6.45, 7) is 8.50. The molecule has 0 aliphatic heterocycles. The predicted octanol–water partition coefficient (Wildman–Crippen LogP) is 13.6. The fourth-order valence-electron chi connectivity index (χ4n) is 7.36. The van der Waals surface area contributed by atoms with E-state index in [1.165, 1.54) is 81.0 Å². The van der Waals surface area contributed by atoms with E-state index in [2.05, 4.69) is 209 Å². The van der Waals surface area contributed by atoms with Crippen LogP contribution < -0.4 is 10.4 Å². The summed E-state index contributed by atoms with van der Waals surface area (Å²) >= 11 is 1.84. The van der Waals surface area contributed by atoms with Gasteiger partial charge < -0.3 is 0 Å². The number of rotatable bonds is 6. The molecule has 7 aromatic carbocycles. The fraction of sp³-hybridized carbons (Fsp3) is 0.0385. The third-order valence-corrected chi connectivity index (χ3v) is 11.1. The Morgan fingerprint density at radius 2 is 1.04 bits per heavy atom. The molecule has 254 valence electrons. The van der Waals surface area contributed by atoms with Crippen LogP contribution >= 0.6 is 11.3 Å². The minimum absolute atomic E-state index is 1.15. The average Bonchev–Trinajstić information content (AvgIpc) is 3.71. The molecule has 0 saturated carbocycles. The number of thiophene rings is 1. The summed E-state index contributed by atoms with van der Waals surface area (Å²) in [5.74, 6) is 0. The molecule has 0 atom stereocenters. The van der Waals surface area contributed by atoms with Gasteiger partial charge in [-0.1, -0.05) is 176 Å². The van der Waals surface area contributed by atoms with Crippen LogP contribution in [0, 0.1) is 6.92 Å². The van der Waals surface area contributed by atoms with Crippen LogP contribution in [0.4, 0.5) is 0 Å². The quantitative estimate of drug-likeness (QED) is 0.162. The first-order chi connectivity index (χ1) is 26.1. The summed E-state index contributed by atoms with van der Waals surface area (Å²) in [6.07, 6.45) is 6.37. The summed E-state index contributed by atoms with van der Waals surface area (Å²) in [6, 6.07) is 63.8. The van der Waals surface area contributed by atoms with Crippen LogP contribution in [0.3, 0.4) is 0 Å². The lowest BCUT2D eigenvalue weighted by Crippen LogP contribution is -2.29. The van der Waals surface area contributed by atoms with Crippen LogP contribution in [-0.2, 0) is 0 Å². The molecule has 0 N–H and O–H groups in total. The van der Waals surface area contributed by atoms with Gasteiger partial charge in [0.1, 0.15) is 0 Å². The van der Waals surface area contributed by atoms with E-state index >= 15 is 0 Å². The van der Waals surface area contributed by atoms with Crippen molar-refractivity contribution in [3.05, 3.63) is 205 Å². The van der Waals surface area contributed by atoms with Gasteiger partial charge in [-0.3, -0.25) is 0 Å². The van der Waals surface area contributed by atoms with Crippen LogP contribution in [0.2, 0.25) is 0 Å². The molecule has 0 bridgehead atoms. The van der Waals surface area contributed by atoms with Gasteiger partial charge >= 0.3 is 0 Å². The monoisotopic (exact) mass is 696 g/mol. The molecular weight excluding hydrogens is 657 g/mol. The second kappa shape index (κ2) is 15.1. The molecule has 0 radical (unpaired) electrons. The predicted molar refractivity (Wildman–Crippen MR) is 233 cm³/mol. The molecule has 53 heavy (non-hydrogen) atoms. The van der Waals surface area contributed by atoms with Gasteiger partial charge in [0.05, 0.1) is 0 Å². The largest absolute Gasteiger partial charge is 0.135 e. The van der Waals surface area contributed by atoms with Gasteiger partial charge in [-0.05, 0) is 121 Å². The molecule has 0 aliphatic carbocycles. The van der Waals surface area contributed by atoms with Crippen molar-refractivity contribution in [2.45, 2.75) is 13.8 Å². The van der Waals surface area contributed by atoms with Crippen LogP contribution in [0.15, 0.2) is 189 Å². The topological polar surface area (TPSA) is 0 Å². The van der Waals surface area contributed by atoms with Crippen molar-refractivity contribution >= 4 is 45.0 Å². The van der Waals surface area contributed by atoms with Gasteiger partial charge in [0.25, 0.3) is 0 Å². The van der Waals surface area contributed by atoms with Gasteiger partial charge in [-0.15, -0.1) is 11.3 Å². The van der Waals surface area contributed by atoms with Crippen molar-refractivity contribution in [2.75, 3.05) is 0 Å². The zero-order chi connectivity index (χ0) is 36.1. The van der Waals surface area contributed by atoms with E-state index in [0.717, 1.165) is 10.8 Å². The van der Waals surface area contributed by atoms with Crippen molar-refractivity contribution in [2.24, 2.45) is 0 Å². The highest BCUT2D eigenvalue weighted by Crippen LogP contribution is 2.38. The van der Waals surface area contributed by atoms with E-state index in [9.17, 15) is 0 Å². The highest BCUT2D eigenvalue weighted by atomic mass is 32.1. The maximum atomic E-state index is 4.20. The Labute approximate surface area is 316 Å². The molecule has 0 nitrogen and oxygen atoms in total. The number of benzene rings is 6.